The highest BCUT2D eigenvalue weighted by Gasteiger charge is 2.35. The van der Waals surface area contributed by atoms with Crippen LogP contribution in [-0.4, -0.2) is 43.8 Å². The summed E-state index contributed by atoms with van der Waals surface area (Å²) in [5.74, 6) is -1.09. The molecule has 236 valence electrons. The van der Waals surface area contributed by atoms with Crippen LogP contribution < -0.4 is 9.62 Å². The van der Waals surface area contributed by atoms with Crippen LogP contribution in [0.4, 0.5) is 5.69 Å². The van der Waals surface area contributed by atoms with Gasteiger partial charge in [0, 0.05) is 34.6 Å². The lowest BCUT2D eigenvalue weighted by Gasteiger charge is -2.34. The normalized spacial score (nSPS) is 12.1. The van der Waals surface area contributed by atoms with E-state index in [9.17, 15) is 18.0 Å². The van der Waals surface area contributed by atoms with E-state index in [-0.39, 0.29) is 39.6 Å². The summed E-state index contributed by atoms with van der Waals surface area (Å²) in [4.78, 5) is 29.6. The van der Waals surface area contributed by atoms with E-state index in [1.807, 2.05) is 44.2 Å². The second-order valence-corrected chi connectivity index (χ2v) is 14.0. The molecule has 0 saturated carbocycles. The number of carbonyl (C=O) groups excluding carboxylic acids is 2. The van der Waals surface area contributed by atoms with Crippen molar-refractivity contribution in [3.05, 3.63) is 128 Å². The van der Waals surface area contributed by atoms with E-state index in [2.05, 4.69) is 5.32 Å². The first-order valence-electron chi connectivity index (χ1n) is 14.0. The zero-order valence-electron chi connectivity index (χ0n) is 24.5. The molecule has 0 aliphatic heterocycles. The van der Waals surface area contributed by atoms with Crippen molar-refractivity contribution >= 4 is 73.9 Å². The third kappa shape index (κ3) is 8.71. The largest absolute Gasteiger partial charge is 0.352 e. The van der Waals surface area contributed by atoms with Crippen molar-refractivity contribution in [2.24, 2.45) is 0 Å². The van der Waals surface area contributed by atoms with Gasteiger partial charge in [-0.1, -0.05) is 101 Å². The molecule has 0 aliphatic carbocycles. The molecule has 2 amide bonds. The Hall–Kier alpha value is -3.27. The van der Waals surface area contributed by atoms with Crippen LogP contribution in [0, 0.1) is 0 Å². The molecule has 0 saturated heterocycles. The summed E-state index contributed by atoms with van der Waals surface area (Å²) >= 11 is 25.5. The van der Waals surface area contributed by atoms with Crippen LogP contribution in [0.25, 0.3) is 0 Å². The lowest BCUT2D eigenvalue weighted by Crippen LogP contribution is -2.54. The summed E-state index contributed by atoms with van der Waals surface area (Å²) in [6.07, 6.45) is 0.144. The molecule has 4 aromatic carbocycles. The van der Waals surface area contributed by atoms with E-state index in [1.54, 1.807) is 36.4 Å². The smallest absolute Gasteiger partial charge is 0.264 e. The van der Waals surface area contributed by atoms with Crippen molar-refractivity contribution in [2.75, 3.05) is 10.8 Å². The standard InChI is InChI=1S/C33H31Cl4N3O4S/c1-22(2)38-33(42)31(18-23-10-5-3-6-11-23)39(20-26-27(34)14-9-15-28(26)35)32(41)21-40(24-16-17-29(36)30(37)19-24)45(43,44)25-12-7-4-8-13-25/h3-17,19,22,31H,18,20-21H2,1-2H3,(H,38,42). The first kappa shape index (κ1) is 34.6. The lowest BCUT2D eigenvalue weighted by molar-refractivity contribution is -0.140. The van der Waals surface area contributed by atoms with E-state index in [4.69, 9.17) is 46.4 Å². The molecule has 45 heavy (non-hydrogen) atoms. The monoisotopic (exact) mass is 705 g/mol. The highest BCUT2D eigenvalue weighted by atomic mass is 35.5. The summed E-state index contributed by atoms with van der Waals surface area (Å²) in [5.41, 5.74) is 1.32. The van der Waals surface area contributed by atoms with Crippen LogP contribution in [0.2, 0.25) is 20.1 Å². The number of carbonyl (C=O) groups is 2. The Bertz CT molecular complexity index is 1740. The Balaban J connectivity index is 1.85. The Morgan fingerprint density at radius 2 is 1.36 bits per heavy atom. The Kier molecular flexibility index (Phi) is 11.8. The molecule has 7 nitrogen and oxygen atoms in total. The molecular weight excluding hydrogens is 676 g/mol. The van der Waals surface area contributed by atoms with E-state index < -0.39 is 34.4 Å². The van der Waals surface area contributed by atoms with Crippen molar-refractivity contribution in [3.63, 3.8) is 0 Å². The minimum atomic E-state index is -4.29. The van der Waals surface area contributed by atoms with Crippen LogP contribution in [0.15, 0.2) is 102 Å². The molecule has 1 N–H and O–H groups in total. The molecule has 0 bridgehead atoms. The van der Waals surface area contributed by atoms with Gasteiger partial charge in [0.15, 0.2) is 0 Å². The minimum absolute atomic E-state index is 0.0389. The van der Waals surface area contributed by atoms with Gasteiger partial charge in [0.25, 0.3) is 10.0 Å². The number of amides is 2. The van der Waals surface area contributed by atoms with Gasteiger partial charge in [0.1, 0.15) is 12.6 Å². The number of hydrogen-bond acceptors (Lipinski definition) is 4. The van der Waals surface area contributed by atoms with Gasteiger partial charge in [-0.3, -0.25) is 13.9 Å². The summed E-state index contributed by atoms with van der Waals surface area (Å²) in [6.45, 7) is 2.79. The van der Waals surface area contributed by atoms with Gasteiger partial charge in [0.05, 0.1) is 20.6 Å². The molecule has 4 aromatic rings. The minimum Gasteiger partial charge on any atom is -0.352 e. The van der Waals surface area contributed by atoms with Crippen LogP contribution in [0.3, 0.4) is 0 Å². The fourth-order valence-corrected chi connectivity index (χ4v) is 6.91. The van der Waals surface area contributed by atoms with Crippen LogP contribution in [-0.2, 0) is 32.6 Å². The molecule has 0 heterocycles. The second-order valence-electron chi connectivity index (χ2n) is 10.5. The number of benzene rings is 4. The quantitative estimate of drug-likeness (QED) is 0.164. The van der Waals surface area contributed by atoms with E-state index >= 15 is 0 Å². The molecular formula is C33H31Cl4N3O4S. The van der Waals surface area contributed by atoms with Gasteiger partial charge in [-0.15, -0.1) is 0 Å². The molecule has 0 fully saturated rings. The van der Waals surface area contributed by atoms with Gasteiger partial charge < -0.3 is 10.2 Å². The molecule has 4 rings (SSSR count). The van der Waals surface area contributed by atoms with Gasteiger partial charge in [-0.25, -0.2) is 8.42 Å². The van der Waals surface area contributed by atoms with Gasteiger partial charge in [-0.2, -0.15) is 0 Å². The third-order valence-electron chi connectivity index (χ3n) is 6.89. The van der Waals surface area contributed by atoms with Crippen molar-refractivity contribution in [2.45, 2.75) is 43.8 Å². The Labute approximate surface area is 283 Å². The van der Waals surface area contributed by atoms with E-state index in [0.29, 0.717) is 15.6 Å². The number of rotatable bonds is 12. The van der Waals surface area contributed by atoms with Gasteiger partial charge >= 0.3 is 0 Å². The highest BCUT2D eigenvalue weighted by Crippen LogP contribution is 2.32. The summed E-state index contributed by atoms with van der Waals surface area (Å²) in [7, 11) is -4.29. The predicted molar refractivity (Wildman–Crippen MR) is 182 cm³/mol. The number of sulfonamides is 1. The predicted octanol–water partition coefficient (Wildman–Crippen LogP) is 7.66. The summed E-state index contributed by atoms with van der Waals surface area (Å²) in [6, 6.07) is 24.9. The topological polar surface area (TPSA) is 86.8 Å². The van der Waals surface area contributed by atoms with Crippen LogP contribution in [0.5, 0.6) is 0 Å². The molecule has 12 heteroatoms. The summed E-state index contributed by atoms with van der Waals surface area (Å²) in [5, 5.41) is 3.81. The molecule has 1 atom stereocenters. The van der Waals surface area contributed by atoms with E-state index in [0.717, 1.165) is 9.87 Å². The van der Waals surface area contributed by atoms with E-state index in [1.165, 1.54) is 35.2 Å². The first-order chi connectivity index (χ1) is 21.4. The average Bonchev–Trinajstić information content (AvgIpc) is 3.00. The number of anilines is 1. The molecule has 0 aliphatic rings. The molecule has 0 aromatic heterocycles. The third-order valence-corrected chi connectivity index (χ3v) is 10.1. The van der Waals surface area contributed by atoms with Crippen molar-refractivity contribution < 1.29 is 18.0 Å². The zero-order valence-corrected chi connectivity index (χ0v) is 28.3. The zero-order chi connectivity index (χ0) is 32.7. The van der Waals surface area contributed by atoms with Crippen LogP contribution in [0.1, 0.15) is 25.0 Å². The number of nitrogens with zero attached hydrogens (tertiary/aromatic N) is 2. The molecule has 0 radical (unpaired) electrons. The SMILES string of the molecule is CC(C)NC(=O)C(Cc1ccccc1)N(Cc1c(Cl)cccc1Cl)C(=O)CN(c1ccc(Cl)c(Cl)c1)S(=O)(=O)c1ccccc1. The second kappa shape index (κ2) is 15.3. The highest BCUT2D eigenvalue weighted by molar-refractivity contribution is 7.92. The molecule has 0 spiro atoms. The maximum Gasteiger partial charge on any atom is 0.264 e. The van der Waals surface area contributed by atoms with Gasteiger partial charge in [0.2, 0.25) is 11.8 Å². The number of hydrogen-bond donors (Lipinski definition) is 1. The van der Waals surface area contributed by atoms with Crippen molar-refractivity contribution in [1.82, 2.24) is 10.2 Å². The number of halogens is 4. The number of nitrogens with one attached hydrogen (secondary N) is 1. The first-order valence-corrected chi connectivity index (χ1v) is 16.9. The fourth-order valence-electron chi connectivity index (χ4n) is 4.68. The van der Waals surface area contributed by atoms with Crippen LogP contribution >= 0.6 is 46.4 Å². The Morgan fingerprint density at radius 1 is 0.756 bits per heavy atom. The maximum absolute atomic E-state index is 14.5. The fraction of sp³-hybridized carbons (Fsp3) is 0.212. The summed E-state index contributed by atoms with van der Waals surface area (Å²) < 4.78 is 29.1. The molecule has 1 unspecified atom stereocenters. The van der Waals surface area contributed by atoms with Crippen molar-refractivity contribution in [3.8, 4) is 0 Å². The maximum atomic E-state index is 14.5. The average molecular weight is 708 g/mol. The van der Waals surface area contributed by atoms with Crippen molar-refractivity contribution in [1.29, 1.82) is 0 Å². The lowest BCUT2D eigenvalue weighted by atomic mass is 10.0. The van der Waals surface area contributed by atoms with Gasteiger partial charge in [-0.05, 0) is 61.9 Å². The Morgan fingerprint density at radius 3 is 1.93 bits per heavy atom.